The molecule has 1 aromatic carbocycles. The van der Waals surface area contributed by atoms with Crippen LogP contribution in [0.5, 0.6) is 0 Å². The molecule has 1 N–H and O–H groups in total. The summed E-state index contributed by atoms with van der Waals surface area (Å²) < 4.78 is 41.8. The minimum absolute atomic E-state index is 0.000732. The summed E-state index contributed by atoms with van der Waals surface area (Å²) in [4.78, 5) is 8.34. The number of para-hydroxylation sites is 1. The van der Waals surface area contributed by atoms with E-state index in [-0.39, 0.29) is 5.69 Å². The molecule has 0 amide bonds. The highest BCUT2D eigenvalue weighted by Crippen LogP contribution is 2.38. The van der Waals surface area contributed by atoms with Crippen LogP contribution in [0.1, 0.15) is 24.0 Å². The summed E-state index contributed by atoms with van der Waals surface area (Å²) in [5.74, 6) is 0.597. The molecule has 0 saturated carbocycles. The molecule has 1 aliphatic heterocycles. The highest BCUT2D eigenvalue weighted by molar-refractivity contribution is 5.69. The van der Waals surface area contributed by atoms with Crippen molar-refractivity contribution in [3.8, 4) is 17.1 Å². The average molecular weight is 359 g/mol. The Balaban J connectivity index is 1.95. The van der Waals surface area contributed by atoms with Gasteiger partial charge in [-0.15, -0.1) is 0 Å². The molecule has 0 radical (unpaired) electrons. The van der Waals surface area contributed by atoms with Crippen LogP contribution in [0.3, 0.4) is 0 Å². The smallest absolute Gasteiger partial charge is 0.370 e. The molecule has 1 aliphatic rings. The first kappa shape index (κ1) is 16.6. The maximum Gasteiger partial charge on any atom is 0.418 e. The van der Waals surface area contributed by atoms with Crippen molar-refractivity contribution in [2.75, 3.05) is 11.9 Å². The third kappa shape index (κ3) is 2.91. The van der Waals surface area contributed by atoms with Gasteiger partial charge in [-0.25, -0.2) is 4.68 Å². The minimum Gasteiger partial charge on any atom is -0.370 e. The van der Waals surface area contributed by atoms with Gasteiger partial charge in [0.2, 0.25) is 0 Å². The molecule has 8 heteroatoms. The fourth-order valence-electron chi connectivity index (χ4n) is 3.20. The lowest BCUT2D eigenvalue weighted by atomic mass is 10.1. The first-order chi connectivity index (χ1) is 12.6. The normalized spacial score (nSPS) is 14.4. The Kier molecular flexibility index (Phi) is 4.10. The van der Waals surface area contributed by atoms with E-state index in [1.165, 1.54) is 16.8 Å². The molecule has 0 spiro atoms. The number of fused-ring (bicyclic) bond motifs is 1. The van der Waals surface area contributed by atoms with Crippen LogP contribution in [-0.4, -0.2) is 26.3 Å². The van der Waals surface area contributed by atoms with Gasteiger partial charge < -0.3 is 5.32 Å². The second-order valence-electron chi connectivity index (χ2n) is 6.08. The van der Waals surface area contributed by atoms with Gasteiger partial charge in [-0.2, -0.15) is 18.3 Å². The van der Waals surface area contributed by atoms with E-state index in [9.17, 15) is 13.2 Å². The van der Waals surface area contributed by atoms with Gasteiger partial charge in [0.05, 0.1) is 17.4 Å². The predicted molar refractivity (Wildman–Crippen MR) is 91.0 cm³/mol. The van der Waals surface area contributed by atoms with Gasteiger partial charge in [0.25, 0.3) is 0 Å². The van der Waals surface area contributed by atoms with Crippen LogP contribution in [0.4, 0.5) is 19.0 Å². The van der Waals surface area contributed by atoms with E-state index in [4.69, 9.17) is 0 Å². The summed E-state index contributed by atoms with van der Waals surface area (Å²) in [6.07, 6.45) is 2.81. The molecule has 0 unspecified atom stereocenters. The summed E-state index contributed by atoms with van der Waals surface area (Å²) >= 11 is 0. The number of nitrogens with zero attached hydrogens (tertiary/aromatic N) is 4. The van der Waals surface area contributed by atoms with Crippen LogP contribution in [0.25, 0.3) is 17.1 Å². The van der Waals surface area contributed by atoms with Gasteiger partial charge in [-0.1, -0.05) is 12.1 Å². The molecule has 26 heavy (non-hydrogen) atoms. The van der Waals surface area contributed by atoms with Crippen LogP contribution >= 0.6 is 0 Å². The zero-order valence-corrected chi connectivity index (χ0v) is 13.8. The largest absolute Gasteiger partial charge is 0.418 e. The lowest BCUT2D eigenvalue weighted by molar-refractivity contribution is -0.137. The van der Waals surface area contributed by atoms with Crippen LogP contribution in [0, 0.1) is 0 Å². The number of hydrogen-bond donors (Lipinski definition) is 1. The van der Waals surface area contributed by atoms with Crippen LogP contribution in [-0.2, 0) is 12.6 Å². The van der Waals surface area contributed by atoms with Crippen molar-refractivity contribution < 1.29 is 13.2 Å². The minimum atomic E-state index is -4.47. The van der Waals surface area contributed by atoms with E-state index >= 15 is 0 Å². The van der Waals surface area contributed by atoms with Gasteiger partial charge in [-0.3, -0.25) is 9.97 Å². The molecule has 0 aliphatic carbocycles. The van der Waals surface area contributed by atoms with Crippen molar-refractivity contribution in [2.45, 2.75) is 25.4 Å². The number of nitrogens with one attached hydrogen (secondary N) is 1. The highest BCUT2D eigenvalue weighted by Gasteiger charge is 2.35. The summed E-state index contributed by atoms with van der Waals surface area (Å²) in [6, 6.07) is 5.47. The molecule has 0 bridgehead atoms. The molecular weight excluding hydrogens is 343 g/mol. The third-order valence-corrected chi connectivity index (χ3v) is 4.37. The first-order valence-corrected chi connectivity index (χ1v) is 8.34. The summed E-state index contributed by atoms with van der Waals surface area (Å²) in [6.45, 7) is 0.687. The van der Waals surface area contributed by atoms with Crippen LogP contribution < -0.4 is 5.32 Å². The molecule has 3 heterocycles. The Bertz CT molecular complexity index is 918. The number of halogens is 3. The Morgan fingerprint density at radius 2 is 1.92 bits per heavy atom. The van der Waals surface area contributed by atoms with Crippen molar-refractivity contribution in [3.05, 3.63) is 54.0 Å². The predicted octanol–water partition coefficient (Wildman–Crippen LogP) is 4.10. The number of anilines is 1. The van der Waals surface area contributed by atoms with E-state index in [1.54, 1.807) is 24.7 Å². The zero-order chi connectivity index (χ0) is 18.1. The van der Waals surface area contributed by atoms with E-state index in [0.717, 1.165) is 30.9 Å². The first-order valence-electron chi connectivity index (χ1n) is 8.34. The Morgan fingerprint density at radius 3 is 2.69 bits per heavy atom. The van der Waals surface area contributed by atoms with Gasteiger partial charge >= 0.3 is 6.18 Å². The topological polar surface area (TPSA) is 55.6 Å². The zero-order valence-electron chi connectivity index (χ0n) is 13.8. The van der Waals surface area contributed by atoms with Gasteiger partial charge in [0.1, 0.15) is 17.2 Å². The number of benzene rings is 1. The number of alkyl halides is 3. The Hall–Kier alpha value is -2.90. The quantitative estimate of drug-likeness (QED) is 0.749. The Labute approximate surface area is 147 Å². The second-order valence-corrected chi connectivity index (χ2v) is 6.08. The van der Waals surface area contributed by atoms with E-state index in [0.29, 0.717) is 23.8 Å². The van der Waals surface area contributed by atoms with Gasteiger partial charge in [-0.05, 0) is 31.4 Å². The lowest BCUT2D eigenvalue weighted by Crippen LogP contribution is -2.14. The van der Waals surface area contributed by atoms with E-state index < -0.39 is 11.7 Å². The maximum absolute atomic E-state index is 13.5. The van der Waals surface area contributed by atoms with Crippen LogP contribution in [0.15, 0.2) is 42.9 Å². The summed E-state index contributed by atoms with van der Waals surface area (Å²) in [7, 11) is 0. The number of rotatable bonds is 2. The number of aromatic nitrogens is 4. The highest BCUT2D eigenvalue weighted by atomic mass is 19.4. The summed E-state index contributed by atoms with van der Waals surface area (Å²) in [5.41, 5.74) is 1.28. The molecule has 4 rings (SSSR count). The molecule has 134 valence electrons. The second kappa shape index (κ2) is 6.44. The van der Waals surface area contributed by atoms with Crippen LogP contribution in [0.2, 0.25) is 0 Å². The molecule has 0 fully saturated rings. The lowest BCUT2D eigenvalue weighted by Gasteiger charge is -2.15. The van der Waals surface area contributed by atoms with Gasteiger partial charge in [0.15, 0.2) is 0 Å². The molecule has 2 aromatic heterocycles. The van der Waals surface area contributed by atoms with E-state index in [2.05, 4.69) is 20.4 Å². The fraction of sp³-hybridized carbons (Fsp3) is 0.278. The van der Waals surface area contributed by atoms with Crippen molar-refractivity contribution in [3.63, 3.8) is 0 Å². The monoisotopic (exact) mass is 359 g/mol. The molecule has 0 saturated heterocycles. The molecule has 3 aromatic rings. The molecule has 0 atom stereocenters. The van der Waals surface area contributed by atoms with Crippen molar-refractivity contribution in [1.82, 2.24) is 19.7 Å². The fourth-order valence-corrected chi connectivity index (χ4v) is 3.20. The van der Waals surface area contributed by atoms with Gasteiger partial charge in [0, 0.05) is 24.5 Å². The maximum atomic E-state index is 13.5. The Morgan fingerprint density at radius 1 is 1.08 bits per heavy atom. The summed E-state index contributed by atoms with van der Waals surface area (Å²) in [5, 5.41) is 7.75. The SMILES string of the molecule is FC(F)(F)c1ccccc1-n1nc(-c2cnccn2)c2c1NCCCC2. The standard InChI is InChI=1S/C18H16F3N5/c19-18(20,21)13-6-1-2-7-15(13)26-17-12(5-3-4-8-24-17)16(25-26)14-11-22-9-10-23-14/h1-2,6-7,9-11,24H,3-5,8H2. The van der Waals surface area contributed by atoms with Crippen molar-refractivity contribution in [2.24, 2.45) is 0 Å². The average Bonchev–Trinajstić information content (AvgIpc) is 2.83. The van der Waals surface area contributed by atoms with Crippen molar-refractivity contribution >= 4 is 5.82 Å². The van der Waals surface area contributed by atoms with Crippen molar-refractivity contribution in [1.29, 1.82) is 0 Å². The third-order valence-electron chi connectivity index (χ3n) is 4.37. The van der Waals surface area contributed by atoms with E-state index in [1.807, 2.05) is 0 Å². The number of hydrogen-bond acceptors (Lipinski definition) is 4. The molecule has 5 nitrogen and oxygen atoms in total. The molecular formula is C18H16F3N5.